The molecule has 10 nitrogen and oxygen atoms in total. The fraction of sp³-hybridized carbons (Fsp3) is 0.263. The Labute approximate surface area is 166 Å². The third kappa shape index (κ3) is 8.84. The van der Waals surface area contributed by atoms with E-state index in [2.05, 4.69) is 26.3 Å². The topological polar surface area (TPSA) is 153 Å². The van der Waals surface area contributed by atoms with Gasteiger partial charge < -0.3 is 18.9 Å². The van der Waals surface area contributed by atoms with Gasteiger partial charge in [-0.2, -0.15) is 10.5 Å². The second kappa shape index (κ2) is 12.3. The number of esters is 4. The first-order valence-electron chi connectivity index (χ1n) is 7.75. The van der Waals surface area contributed by atoms with E-state index in [0.29, 0.717) is 0 Å². The molecular weight excluding hydrogens is 384 g/mol. The summed E-state index contributed by atoms with van der Waals surface area (Å²) in [7, 11) is 0. The molecule has 0 aromatic heterocycles. The molecule has 0 saturated carbocycles. The van der Waals surface area contributed by atoms with Gasteiger partial charge in [0.2, 0.25) is 0 Å². The zero-order valence-electron chi connectivity index (χ0n) is 15.5. The minimum atomic E-state index is -1.58. The second-order valence-electron chi connectivity index (χ2n) is 5.46. The third-order valence-electron chi connectivity index (χ3n) is 3.16. The Hall–Kier alpha value is -4.18. The van der Waals surface area contributed by atoms with Crippen LogP contribution in [0, 0.1) is 28.1 Å². The zero-order valence-corrected chi connectivity index (χ0v) is 15.5. The van der Waals surface area contributed by atoms with Gasteiger partial charge >= 0.3 is 23.9 Å². The molecule has 0 heterocycles. The van der Waals surface area contributed by atoms with Gasteiger partial charge in [0.25, 0.3) is 0 Å². The predicted octanol–water partition coefficient (Wildman–Crippen LogP) is 0.677. The predicted molar refractivity (Wildman–Crippen MR) is 96.2 cm³/mol. The summed E-state index contributed by atoms with van der Waals surface area (Å²) >= 11 is 0. The van der Waals surface area contributed by atoms with E-state index in [1.165, 1.54) is 12.1 Å². The maximum atomic E-state index is 11.7. The summed E-state index contributed by atoms with van der Waals surface area (Å²) < 4.78 is 19.7. The Balaban J connectivity index is 5.67. The van der Waals surface area contributed by atoms with Crippen molar-refractivity contribution < 1.29 is 38.1 Å². The maximum absolute atomic E-state index is 11.7. The van der Waals surface area contributed by atoms with Gasteiger partial charge in [-0.05, 0) is 0 Å². The molecule has 0 bridgehead atoms. The first kappa shape index (κ1) is 24.8. The van der Waals surface area contributed by atoms with E-state index in [-0.39, 0.29) is 0 Å². The number of hydrogen-bond acceptors (Lipinski definition) is 10. The second-order valence-corrected chi connectivity index (χ2v) is 5.46. The van der Waals surface area contributed by atoms with Gasteiger partial charge in [0.15, 0.2) is 0 Å². The lowest BCUT2D eigenvalue weighted by Crippen LogP contribution is -2.44. The van der Waals surface area contributed by atoms with E-state index in [1.807, 2.05) is 0 Å². The minimum Gasteiger partial charge on any atom is -0.462 e. The van der Waals surface area contributed by atoms with Crippen molar-refractivity contribution in [1.29, 1.82) is 10.5 Å². The minimum absolute atomic E-state index is 0.514. The van der Waals surface area contributed by atoms with E-state index in [9.17, 15) is 19.2 Å². The van der Waals surface area contributed by atoms with E-state index < -0.39 is 66.9 Å². The largest absolute Gasteiger partial charge is 0.462 e. The average Bonchev–Trinajstić information content (AvgIpc) is 2.75. The van der Waals surface area contributed by atoms with Crippen molar-refractivity contribution in [3.05, 3.63) is 49.6 Å². The van der Waals surface area contributed by atoms with Crippen LogP contribution in [0.3, 0.4) is 0 Å². The molecule has 152 valence electrons. The van der Waals surface area contributed by atoms with E-state index in [0.717, 1.165) is 12.2 Å². The first-order chi connectivity index (χ1) is 13.6. The molecule has 29 heavy (non-hydrogen) atoms. The quantitative estimate of drug-likeness (QED) is 0.197. The van der Waals surface area contributed by atoms with Crippen LogP contribution < -0.4 is 0 Å². The van der Waals surface area contributed by atoms with Crippen LogP contribution in [0.15, 0.2) is 49.6 Å². The van der Waals surface area contributed by atoms with Crippen LogP contribution >= 0.6 is 0 Å². The van der Waals surface area contributed by atoms with Crippen molar-refractivity contribution in [2.75, 3.05) is 26.4 Å². The third-order valence-corrected chi connectivity index (χ3v) is 3.16. The number of nitrogens with zero attached hydrogens (tertiary/aromatic N) is 2. The highest BCUT2D eigenvalue weighted by Gasteiger charge is 2.38. The lowest BCUT2D eigenvalue weighted by atomic mass is 9.92. The molecule has 0 N–H and O–H groups in total. The average molecular weight is 402 g/mol. The van der Waals surface area contributed by atoms with E-state index in [1.54, 1.807) is 0 Å². The molecule has 0 rings (SSSR count). The molecule has 0 unspecified atom stereocenters. The van der Waals surface area contributed by atoms with Gasteiger partial charge in [0, 0.05) is 12.2 Å². The van der Waals surface area contributed by atoms with Crippen LogP contribution in [0.25, 0.3) is 0 Å². The van der Waals surface area contributed by atoms with Crippen LogP contribution in [0.5, 0.6) is 0 Å². The van der Waals surface area contributed by atoms with Gasteiger partial charge in [0.1, 0.15) is 55.1 Å². The fourth-order valence-electron chi connectivity index (χ4n) is 1.52. The number of rotatable bonds is 12. The summed E-state index contributed by atoms with van der Waals surface area (Å²) in [6.45, 7) is 10.5. The Morgan fingerprint density at radius 2 is 1.03 bits per heavy atom. The van der Waals surface area contributed by atoms with E-state index in [4.69, 9.17) is 29.5 Å². The zero-order chi connectivity index (χ0) is 22.4. The lowest BCUT2D eigenvalue weighted by molar-refractivity contribution is -0.164. The highest BCUT2D eigenvalue weighted by Crippen LogP contribution is 2.22. The summed E-state index contributed by atoms with van der Waals surface area (Å²) in [6, 6.07) is 2.99. The molecule has 0 aromatic carbocycles. The van der Waals surface area contributed by atoms with Gasteiger partial charge in [-0.25, -0.2) is 19.2 Å². The van der Waals surface area contributed by atoms with Crippen molar-refractivity contribution in [2.24, 2.45) is 5.41 Å². The van der Waals surface area contributed by atoms with Crippen LogP contribution in [-0.2, 0) is 38.1 Å². The fourth-order valence-corrected chi connectivity index (χ4v) is 1.52. The van der Waals surface area contributed by atoms with Crippen LogP contribution in [-0.4, -0.2) is 50.3 Å². The standard InChI is InChI=1S/C19H18N2O8/c1-5-15(22)26-9-19(10-27-16(23)6-2,11-28-17(24)13(3)7-20)12-29-18(25)14(4)8-21/h5-6H,1-4,9-12H2. The Morgan fingerprint density at radius 1 is 0.724 bits per heavy atom. The molecule has 0 atom stereocenters. The van der Waals surface area contributed by atoms with Gasteiger partial charge in [0.05, 0.1) is 0 Å². The lowest BCUT2D eigenvalue weighted by Gasteiger charge is -2.31. The molecule has 0 fully saturated rings. The van der Waals surface area contributed by atoms with Gasteiger partial charge in [-0.1, -0.05) is 26.3 Å². The first-order valence-corrected chi connectivity index (χ1v) is 7.75. The van der Waals surface area contributed by atoms with Crippen LogP contribution in [0.4, 0.5) is 0 Å². The molecule has 0 aliphatic carbocycles. The SMILES string of the molecule is C=CC(=O)OCC(COC(=O)C=C)(COC(=O)C(=C)C#N)COC(=O)C(=C)C#N. The van der Waals surface area contributed by atoms with Crippen molar-refractivity contribution >= 4 is 23.9 Å². The maximum Gasteiger partial charge on any atom is 0.348 e. The molecule has 0 aliphatic heterocycles. The van der Waals surface area contributed by atoms with Crippen molar-refractivity contribution in [1.82, 2.24) is 0 Å². The normalized spacial score (nSPS) is 9.59. The smallest absolute Gasteiger partial charge is 0.348 e. The van der Waals surface area contributed by atoms with E-state index >= 15 is 0 Å². The number of hydrogen-bond donors (Lipinski definition) is 0. The molecule has 0 spiro atoms. The van der Waals surface area contributed by atoms with Crippen LogP contribution in [0.2, 0.25) is 0 Å². The summed E-state index contributed by atoms with van der Waals surface area (Å²) in [5.41, 5.74) is -2.60. The Bertz CT molecular complexity index is 745. The highest BCUT2D eigenvalue weighted by atomic mass is 16.6. The van der Waals surface area contributed by atoms with Gasteiger partial charge in [-0.3, -0.25) is 0 Å². The number of carbonyl (C=O) groups excluding carboxylic acids is 4. The molecular formula is C19H18N2O8. The highest BCUT2D eigenvalue weighted by molar-refractivity contribution is 5.92. The molecule has 0 radical (unpaired) electrons. The summed E-state index contributed by atoms with van der Waals surface area (Å²) in [4.78, 5) is 46.4. The molecule has 0 aromatic rings. The van der Waals surface area contributed by atoms with Crippen LogP contribution in [0.1, 0.15) is 0 Å². The summed E-state index contributed by atoms with van der Waals surface area (Å²) in [5, 5.41) is 17.4. The van der Waals surface area contributed by atoms with Gasteiger partial charge in [-0.15, -0.1) is 0 Å². The Kier molecular flexibility index (Phi) is 10.5. The summed E-state index contributed by atoms with van der Waals surface area (Å²) in [6.07, 6.45) is 1.71. The van der Waals surface area contributed by atoms with Crippen molar-refractivity contribution in [3.8, 4) is 12.1 Å². The molecule has 10 heteroatoms. The number of carbonyl (C=O) groups is 4. The molecule has 0 amide bonds. The van der Waals surface area contributed by atoms with Crippen molar-refractivity contribution in [2.45, 2.75) is 0 Å². The molecule has 0 aliphatic rings. The number of ether oxygens (including phenoxy) is 4. The Morgan fingerprint density at radius 3 is 1.31 bits per heavy atom. The molecule has 0 saturated heterocycles. The monoisotopic (exact) mass is 402 g/mol. The van der Waals surface area contributed by atoms with Crippen molar-refractivity contribution in [3.63, 3.8) is 0 Å². The summed E-state index contributed by atoms with van der Waals surface area (Å²) in [5.74, 6) is -3.89. The number of nitriles is 2.